The van der Waals surface area contributed by atoms with Gasteiger partial charge in [0.1, 0.15) is 4.32 Å². The normalized spacial score (nSPS) is 20.9. The first kappa shape index (κ1) is 11.6. The van der Waals surface area contributed by atoms with Crippen molar-refractivity contribution < 1.29 is 4.79 Å². The molecular formula is C12H13NOS2. The molecule has 1 fully saturated rings. The fourth-order valence-corrected chi connectivity index (χ4v) is 3.16. The first-order valence-electron chi connectivity index (χ1n) is 5.21. The standard InChI is InChI=1S/C12H13NOS2/c1-8(2)10-11(14)13(12(15)16-10)9-6-4-3-5-7-9/h3-8,10H,1-2H3. The van der Waals surface area contributed by atoms with Crippen LogP contribution in [0.25, 0.3) is 0 Å². The quantitative estimate of drug-likeness (QED) is 0.753. The maximum atomic E-state index is 12.2. The first-order chi connectivity index (χ1) is 7.61. The monoisotopic (exact) mass is 251 g/mol. The fraction of sp³-hybridized carbons (Fsp3) is 0.333. The van der Waals surface area contributed by atoms with Crippen LogP contribution in [0, 0.1) is 5.92 Å². The van der Waals surface area contributed by atoms with Gasteiger partial charge < -0.3 is 0 Å². The van der Waals surface area contributed by atoms with Crippen LogP contribution in [0.15, 0.2) is 30.3 Å². The van der Waals surface area contributed by atoms with Crippen LogP contribution < -0.4 is 4.90 Å². The molecule has 0 saturated carbocycles. The molecule has 0 aliphatic carbocycles. The summed E-state index contributed by atoms with van der Waals surface area (Å²) >= 11 is 6.76. The number of nitrogens with zero attached hydrogens (tertiary/aromatic N) is 1. The molecule has 0 spiro atoms. The third-order valence-electron chi connectivity index (χ3n) is 2.49. The summed E-state index contributed by atoms with van der Waals surface area (Å²) in [5.41, 5.74) is 0.869. The topological polar surface area (TPSA) is 20.3 Å². The van der Waals surface area contributed by atoms with E-state index in [2.05, 4.69) is 0 Å². The molecule has 1 unspecified atom stereocenters. The van der Waals surface area contributed by atoms with Gasteiger partial charge in [0.25, 0.3) is 0 Å². The first-order valence-corrected chi connectivity index (χ1v) is 6.49. The van der Waals surface area contributed by atoms with Gasteiger partial charge in [-0.15, -0.1) is 0 Å². The Kier molecular flexibility index (Phi) is 3.30. The van der Waals surface area contributed by atoms with E-state index < -0.39 is 0 Å². The van der Waals surface area contributed by atoms with Gasteiger partial charge in [-0.2, -0.15) is 0 Å². The number of thiocarbonyl (C=S) groups is 1. The van der Waals surface area contributed by atoms with E-state index in [1.165, 1.54) is 11.8 Å². The van der Waals surface area contributed by atoms with Gasteiger partial charge >= 0.3 is 0 Å². The second-order valence-corrected chi connectivity index (χ2v) is 5.83. The highest BCUT2D eigenvalue weighted by atomic mass is 32.2. The lowest BCUT2D eigenvalue weighted by Gasteiger charge is -2.16. The van der Waals surface area contributed by atoms with Gasteiger partial charge in [0.2, 0.25) is 5.91 Å². The van der Waals surface area contributed by atoms with Crippen LogP contribution in [0.1, 0.15) is 13.8 Å². The second kappa shape index (κ2) is 4.55. The van der Waals surface area contributed by atoms with E-state index in [0.29, 0.717) is 10.2 Å². The summed E-state index contributed by atoms with van der Waals surface area (Å²) in [5.74, 6) is 0.417. The van der Waals surface area contributed by atoms with E-state index in [0.717, 1.165) is 5.69 Å². The Morgan fingerprint density at radius 3 is 2.44 bits per heavy atom. The van der Waals surface area contributed by atoms with E-state index in [4.69, 9.17) is 12.2 Å². The molecule has 2 nitrogen and oxygen atoms in total. The van der Waals surface area contributed by atoms with Crippen molar-refractivity contribution in [2.75, 3.05) is 4.90 Å². The number of anilines is 1. The van der Waals surface area contributed by atoms with E-state index in [1.54, 1.807) is 4.90 Å². The molecule has 1 saturated heterocycles. The van der Waals surface area contributed by atoms with Crippen molar-refractivity contribution in [3.63, 3.8) is 0 Å². The summed E-state index contributed by atoms with van der Waals surface area (Å²) in [6, 6.07) is 9.58. The summed E-state index contributed by atoms with van der Waals surface area (Å²) in [4.78, 5) is 13.8. The highest BCUT2D eigenvalue weighted by Crippen LogP contribution is 2.35. The minimum absolute atomic E-state index is 0.0345. The number of hydrogen-bond donors (Lipinski definition) is 0. The average molecular weight is 251 g/mol. The zero-order valence-electron chi connectivity index (χ0n) is 9.21. The fourth-order valence-electron chi connectivity index (χ4n) is 1.66. The van der Waals surface area contributed by atoms with Crippen LogP contribution in [0.2, 0.25) is 0 Å². The van der Waals surface area contributed by atoms with Gasteiger partial charge in [0, 0.05) is 0 Å². The molecule has 0 bridgehead atoms. The minimum atomic E-state index is -0.0345. The molecule has 1 aliphatic heterocycles. The number of carbonyl (C=O) groups excluding carboxylic acids is 1. The van der Waals surface area contributed by atoms with Gasteiger partial charge in [-0.3, -0.25) is 9.69 Å². The third-order valence-corrected chi connectivity index (χ3v) is 4.35. The van der Waals surface area contributed by atoms with Gasteiger partial charge in [0.15, 0.2) is 0 Å². The molecule has 0 radical (unpaired) electrons. The summed E-state index contributed by atoms with van der Waals surface area (Å²) in [7, 11) is 0. The van der Waals surface area contributed by atoms with Gasteiger partial charge in [-0.1, -0.05) is 56.0 Å². The van der Waals surface area contributed by atoms with Crippen molar-refractivity contribution in [2.24, 2.45) is 5.92 Å². The molecule has 1 heterocycles. The Morgan fingerprint density at radius 2 is 1.94 bits per heavy atom. The van der Waals surface area contributed by atoms with Gasteiger partial charge in [-0.25, -0.2) is 0 Å². The summed E-state index contributed by atoms with van der Waals surface area (Å²) in [5, 5.41) is -0.0345. The van der Waals surface area contributed by atoms with E-state index in [9.17, 15) is 4.79 Å². The molecule has 1 aromatic carbocycles. The lowest BCUT2D eigenvalue weighted by Crippen LogP contribution is -2.32. The van der Waals surface area contributed by atoms with Crippen LogP contribution in [0.3, 0.4) is 0 Å². The predicted octanol–water partition coefficient (Wildman–Crippen LogP) is 3.08. The minimum Gasteiger partial charge on any atom is -0.273 e. The molecule has 4 heteroatoms. The third kappa shape index (κ3) is 1.99. The Bertz CT molecular complexity index is 416. The van der Waals surface area contributed by atoms with Crippen LogP contribution in [-0.4, -0.2) is 15.5 Å². The molecule has 1 aromatic rings. The van der Waals surface area contributed by atoms with Crippen molar-refractivity contribution in [3.05, 3.63) is 30.3 Å². The highest BCUT2D eigenvalue weighted by Gasteiger charge is 2.39. The molecule has 2 rings (SSSR count). The number of benzene rings is 1. The molecule has 16 heavy (non-hydrogen) atoms. The number of rotatable bonds is 2. The molecule has 0 aromatic heterocycles. The Labute approximate surface area is 105 Å². The number of hydrogen-bond acceptors (Lipinski definition) is 3. The van der Waals surface area contributed by atoms with Crippen LogP contribution in [0.4, 0.5) is 5.69 Å². The zero-order valence-corrected chi connectivity index (χ0v) is 10.8. The van der Waals surface area contributed by atoms with Gasteiger partial charge in [-0.05, 0) is 18.1 Å². The van der Waals surface area contributed by atoms with Crippen molar-refractivity contribution in [1.29, 1.82) is 0 Å². The molecule has 1 atom stereocenters. The number of carbonyl (C=O) groups is 1. The van der Waals surface area contributed by atoms with E-state index in [-0.39, 0.29) is 11.2 Å². The van der Waals surface area contributed by atoms with Gasteiger partial charge in [0.05, 0.1) is 10.9 Å². The predicted molar refractivity (Wildman–Crippen MR) is 72.7 cm³/mol. The highest BCUT2D eigenvalue weighted by molar-refractivity contribution is 8.25. The van der Waals surface area contributed by atoms with E-state index >= 15 is 0 Å². The van der Waals surface area contributed by atoms with Crippen molar-refractivity contribution in [3.8, 4) is 0 Å². The largest absolute Gasteiger partial charge is 0.273 e. The number of thioether (sulfide) groups is 1. The zero-order chi connectivity index (χ0) is 11.7. The Hall–Kier alpha value is -0.870. The summed E-state index contributed by atoms with van der Waals surface area (Å²) in [6.45, 7) is 4.10. The number of para-hydroxylation sites is 1. The number of amides is 1. The smallest absolute Gasteiger partial charge is 0.246 e. The van der Waals surface area contributed by atoms with Crippen molar-refractivity contribution in [1.82, 2.24) is 0 Å². The van der Waals surface area contributed by atoms with Crippen LogP contribution in [-0.2, 0) is 4.79 Å². The molecular weight excluding hydrogens is 238 g/mol. The average Bonchev–Trinajstić information content (AvgIpc) is 2.56. The van der Waals surface area contributed by atoms with Crippen molar-refractivity contribution >= 4 is 39.9 Å². The van der Waals surface area contributed by atoms with Crippen LogP contribution in [0.5, 0.6) is 0 Å². The maximum Gasteiger partial charge on any atom is 0.246 e. The summed E-state index contributed by atoms with van der Waals surface area (Å²) < 4.78 is 0.662. The van der Waals surface area contributed by atoms with Crippen LogP contribution >= 0.6 is 24.0 Å². The SMILES string of the molecule is CC(C)C1SC(=S)N(c2ccccc2)C1=O. The molecule has 1 aliphatic rings. The Morgan fingerprint density at radius 1 is 1.31 bits per heavy atom. The lowest BCUT2D eigenvalue weighted by molar-refractivity contribution is -0.117. The maximum absolute atomic E-state index is 12.2. The molecule has 1 amide bonds. The molecule has 0 N–H and O–H groups in total. The van der Waals surface area contributed by atoms with Crippen molar-refractivity contribution in [2.45, 2.75) is 19.1 Å². The van der Waals surface area contributed by atoms with E-state index in [1.807, 2.05) is 44.2 Å². The molecule has 84 valence electrons. The second-order valence-electron chi connectivity index (χ2n) is 4.06. The summed E-state index contributed by atoms with van der Waals surface area (Å²) in [6.07, 6.45) is 0. The Balaban J connectivity index is 2.30. The lowest BCUT2D eigenvalue weighted by atomic mass is 10.1.